The van der Waals surface area contributed by atoms with Crippen molar-refractivity contribution in [2.45, 2.75) is 17.3 Å². The fourth-order valence-corrected chi connectivity index (χ4v) is 0.627. The normalized spacial score (nSPS) is 32.2. The molecule has 1 atom stereocenters. The van der Waals surface area contributed by atoms with Crippen LogP contribution >= 0.6 is 11.6 Å². The SMILES string of the molecule is FC(F)(F)C1(C(F)(F)Cl)NO1. The van der Waals surface area contributed by atoms with Crippen LogP contribution in [-0.2, 0) is 4.84 Å². The molecule has 2 nitrogen and oxygen atoms in total. The third kappa shape index (κ3) is 1.17. The van der Waals surface area contributed by atoms with E-state index in [1.807, 2.05) is 0 Å². The summed E-state index contributed by atoms with van der Waals surface area (Å²) in [5, 5.41) is -4.49. The molecule has 1 saturated heterocycles. The first-order valence-corrected chi connectivity index (χ1v) is 2.67. The Labute approximate surface area is 62.2 Å². The van der Waals surface area contributed by atoms with E-state index < -0.39 is 17.3 Å². The van der Waals surface area contributed by atoms with Crippen molar-refractivity contribution in [2.24, 2.45) is 0 Å². The van der Waals surface area contributed by atoms with E-state index in [-0.39, 0.29) is 0 Å². The Balaban J connectivity index is 2.85. The molecular weight excluding hydrogens is 196 g/mol. The minimum atomic E-state index is -5.22. The zero-order valence-electron chi connectivity index (χ0n) is 4.68. The summed E-state index contributed by atoms with van der Waals surface area (Å²) in [6.45, 7) is 0. The quantitative estimate of drug-likeness (QED) is 0.394. The first kappa shape index (κ1) is 8.95. The molecule has 11 heavy (non-hydrogen) atoms. The highest BCUT2D eigenvalue weighted by Crippen LogP contribution is 2.51. The summed E-state index contributed by atoms with van der Waals surface area (Å²) in [7, 11) is 0. The van der Waals surface area contributed by atoms with E-state index in [4.69, 9.17) is 0 Å². The summed E-state index contributed by atoms with van der Waals surface area (Å²) < 4.78 is 58.8. The molecular formula is C3HClF5NO. The molecule has 1 rings (SSSR count). The van der Waals surface area contributed by atoms with E-state index in [1.54, 1.807) is 0 Å². The van der Waals surface area contributed by atoms with Crippen molar-refractivity contribution in [3.05, 3.63) is 0 Å². The maximum absolute atomic E-state index is 11.9. The van der Waals surface area contributed by atoms with Gasteiger partial charge in [0, 0.05) is 0 Å². The maximum atomic E-state index is 11.9. The lowest BCUT2D eigenvalue weighted by Crippen LogP contribution is -2.47. The summed E-state index contributed by atoms with van der Waals surface area (Å²) >= 11 is 4.13. The molecule has 8 heteroatoms. The predicted molar refractivity (Wildman–Crippen MR) is 23.8 cm³/mol. The van der Waals surface area contributed by atoms with Gasteiger partial charge in [-0.15, -0.1) is 0 Å². The average molecular weight is 197 g/mol. The Hall–Kier alpha value is -0.140. The van der Waals surface area contributed by atoms with E-state index >= 15 is 0 Å². The lowest BCUT2D eigenvalue weighted by Gasteiger charge is -2.17. The lowest BCUT2D eigenvalue weighted by atomic mass is 10.3. The Morgan fingerprint density at radius 3 is 1.55 bits per heavy atom. The average Bonchev–Trinajstić information content (AvgIpc) is 2.31. The zero-order chi connectivity index (χ0) is 8.91. The molecule has 0 bridgehead atoms. The number of halogens is 6. The molecule has 66 valence electrons. The van der Waals surface area contributed by atoms with Crippen molar-refractivity contribution in [3.63, 3.8) is 0 Å². The molecule has 0 aromatic rings. The smallest absolute Gasteiger partial charge is 0.257 e. The topological polar surface area (TPSA) is 34.5 Å². The fraction of sp³-hybridized carbons (Fsp3) is 1.00. The van der Waals surface area contributed by atoms with Crippen LogP contribution in [-0.4, -0.2) is 17.3 Å². The van der Waals surface area contributed by atoms with E-state index in [2.05, 4.69) is 16.4 Å². The minimum absolute atomic E-state index is 1.02. The van der Waals surface area contributed by atoms with Crippen LogP contribution in [0.25, 0.3) is 0 Å². The highest BCUT2D eigenvalue weighted by atomic mass is 35.5. The molecule has 0 aromatic heterocycles. The molecule has 1 fully saturated rings. The molecule has 0 aromatic carbocycles. The number of hydrogen-bond donors (Lipinski definition) is 1. The van der Waals surface area contributed by atoms with Gasteiger partial charge >= 0.3 is 17.3 Å². The number of alkyl halides is 6. The van der Waals surface area contributed by atoms with Gasteiger partial charge < -0.3 is 0 Å². The molecule has 1 aliphatic rings. The van der Waals surface area contributed by atoms with Crippen LogP contribution in [0.4, 0.5) is 22.0 Å². The molecule has 1 heterocycles. The van der Waals surface area contributed by atoms with Gasteiger partial charge in [-0.05, 0) is 11.6 Å². The molecule has 0 spiro atoms. The molecule has 1 unspecified atom stereocenters. The van der Waals surface area contributed by atoms with Crippen molar-refractivity contribution in [1.29, 1.82) is 0 Å². The third-order valence-electron chi connectivity index (χ3n) is 1.10. The van der Waals surface area contributed by atoms with Gasteiger partial charge in [-0.2, -0.15) is 27.4 Å². The van der Waals surface area contributed by atoms with Gasteiger partial charge in [-0.3, -0.25) is 4.84 Å². The number of hydrogen-bond acceptors (Lipinski definition) is 2. The van der Waals surface area contributed by atoms with Gasteiger partial charge in [0.2, 0.25) is 0 Å². The van der Waals surface area contributed by atoms with E-state index in [1.165, 1.54) is 0 Å². The van der Waals surface area contributed by atoms with Gasteiger partial charge in [0.1, 0.15) is 0 Å². The summed E-state index contributed by atoms with van der Waals surface area (Å²) in [6, 6.07) is 0. The van der Waals surface area contributed by atoms with Gasteiger partial charge in [-0.1, -0.05) is 0 Å². The van der Waals surface area contributed by atoms with Crippen molar-refractivity contribution in [1.82, 2.24) is 5.48 Å². The minimum Gasteiger partial charge on any atom is -0.257 e. The molecule has 0 aliphatic carbocycles. The molecule has 1 N–H and O–H groups in total. The molecule has 0 radical (unpaired) electrons. The highest BCUT2D eigenvalue weighted by Gasteiger charge is 2.80. The van der Waals surface area contributed by atoms with Crippen molar-refractivity contribution in [2.75, 3.05) is 0 Å². The van der Waals surface area contributed by atoms with Crippen molar-refractivity contribution >= 4 is 11.6 Å². The van der Waals surface area contributed by atoms with Crippen LogP contribution in [0.1, 0.15) is 0 Å². The first-order valence-electron chi connectivity index (χ1n) is 2.29. The monoisotopic (exact) mass is 197 g/mol. The number of hydroxylamine groups is 1. The van der Waals surface area contributed by atoms with E-state index in [0.717, 1.165) is 5.48 Å². The third-order valence-corrected chi connectivity index (χ3v) is 1.37. The lowest BCUT2D eigenvalue weighted by molar-refractivity contribution is -0.227. The van der Waals surface area contributed by atoms with Gasteiger partial charge in [-0.25, -0.2) is 0 Å². The van der Waals surface area contributed by atoms with Gasteiger partial charge in [0.25, 0.3) is 0 Å². The zero-order valence-corrected chi connectivity index (χ0v) is 5.43. The second kappa shape index (κ2) is 1.96. The predicted octanol–water partition coefficient (Wildman–Crippen LogP) is 1.61. The standard InChI is InChI=1S/C3HClF5NO/c4-2(5,6)1(10-11-1)3(7,8)9/h10H. The van der Waals surface area contributed by atoms with Crippen LogP contribution < -0.4 is 5.48 Å². The maximum Gasteiger partial charge on any atom is 0.442 e. The van der Waals surface area contributed by atoms with Crippen LogP contribution in [0.15, 0.2) is 0 Å². The van der Waals surface area contributed by atoms with Gasteiger partial charge in [0.05, 0.1) is 0 Å². The Bertz CT molecular complexity index is 154. The van der Waals surface area contributed by atoms with E-state index in [9.17, 15) is 22.0 Å². The molecule has 1 aliphatic heterocycles. The first-order chi connectivity index (χ1) is 4.71. The van der Waals surface area contributed by atoms with Crippen molar-refractivity contribution in [3.8, 4) is 0 Å². The van der Waals surface area contributed by atoms with Gasteiger partial charge in [0.15, 0.2) is 0 Å². The van der Waals surface area contributed by atoms with E-state index in [0.29, 0.717) is 0 Å². The summed E-state index contributed by atoms with van der Waals surface area (Å²) in [5.74, 6) is 0. The van der Waals surface area contributed by atoms with Crippen LogP contribution in [0.2, 0.25) is 0 Å². The number of nitrogens with one attached hydrogen (secondary N) is 1. The largest absolute Gasteiger partial charge is 0.442 e. The van der Waals surface area contributed by atoms with Crippen LogP contribution in [0, 0.1) is 0 Å². The summed E-state index contributed by atoms with van der Waals surface area (Å²) in [4.78, 5) is 3.37. The number of rotatable bonds is 1. The molecule has 0 saturated carbocycles. The Morgan fingerprint density at radius 2 is 1.55 bits per heavy atom. The van der Waals surface area contributed by atoms with Crippen LogP contribution in [0.5, 0.6) is 0 Å². The highest BCUT2D eigenvalue weighted by molar-refractivity contribution is 6.22. The summed E-state index contributed by atoms with van der Waals surface area (Å²) in [6.07, 6.45) is -5.22. The van der Waals surface area contributed by atoms with Crippen molar-refractivity contribution < 1.29 is 26.8 Å². The molecule has 0 amide bonds. The second-order valence-electron chi connectivity index (χ2n) is 1.88. The Kier molecular flexibility index (Phi) is 1.60. The second-order valence-corrected chi connectivity index (χ2v) is 2.36. The Morgan fingerprint density at radius 1 is 1.18 bits per heavy atom. The fourth-order valence-electron chi connectivity index (χ4n) is 0.443. The van der Waals surface area contributed by atoms with Crippen LogP contribution in [0.3, 0.4) is 0 Å². The summed E-state index contributed by atoms with van der Waals surface area (Å²) in [5.41, 5.74) is -2.67.